The highest BCUT2D eigenvalue weighted by Gasteiger charge is 2.37. The summed E-state index contributed by atoms with van der Waals surface area (Å²) in [5, 5.41) is 0. The van der Waals surface area contributed by atoms with Gasteiger partial charge in [-0.2, -0.15) is 0 Å². The molecule has 1 saturated heterocycles. The number of likely N-dealkylation sites (tertiary alicyclic amines) is 1. The summed E-state index contributed by atoms with van der Waals surface area (Å²) in [4.78, 5) is 29.3. The van der Waals surface area contributed by atoms with Crippen molar-refractivity contribution in [2.75, 3.05) is 13.1 Å². The zero-order chi connectivity index (χ0) is 17.9. The Morgan fingerprint density at radius 2 is 1.65 bits per heavy atom. The van der Waals surface area contributed by atoms with E-state index in [1.165, 1.54) is 0 Å². The van der Waals surface area contributed by atoms with Crippen LogP contribution in [0.25, 0.3) is 0 Å². The molecule has 1 atom stereocenters. The quantitative estimate of drug-likeness (QED) is 0.798. The second-order valence-electron chi connectivity index (χ2n) is 7.25. The molecule has 0 aromatic carbocycles. The number of amides is 2. The Balaban J connectivity index is 1.46. The van der Waals surface area contributed by atoms with Crippen LogP contribution in [0.5, 0.6) is 0 Å². The summed E-state index contributed by atoms with van der Waals surface area (Å²) >= 11 is 0. The third-order valence-electron chi connectivity index (χ3n) is 5.17. The molecule has 6 heteroatoms. The SMILES string of the molecule is O=C(C1CCCN(C(=O)C2CC2)C1)N(Cc1ccco1)Cc1ccco1. The third-order valence-corrected chi connectivity index (χ3v) is 5.17. The maximum absolute atomic E-state index is 13.2. The average Bonchev–Trinajstić information content (AvgIpc) is 3.15. The molecule has 1 unspecified atom stereocenters. The van der Waals surface area contributed by atoms with Crippen molar-refractivity contribution >= 4 is 11.8 Å². The maximum Gasteiger partial charge on any atom is 0.228 e. The van der Waals surface area contributed by atoms with E-state index in [1.807, 2.05) is 29.2 Å². The number of furan rings is 2. The molecule has 2 fully saturated rings. The van der Waals surface area contributed by atoms with Crippen LogP contribution in [0.1, 0.15) is 37.2 Å². The summed E-state index contributed by atoms with van der Waals surface area (Å²) in [7, 11) is 0. The standard InChI is InChI=1S/C20H24N2O4/c23-19(15-7-8-15)21-9-1-4-16(12-21)20(24)22(13-17-5-2-10-25-17)14-18-6-3-11-26-18/h2-3,5-6,10-11,15-16H,1,4,7-9,12-14H2. The number of rotatable bonds is 6. The molecule has 2 aromatic heterocycles. The summed E-state index contributed by atoms with van der Waals surface area (Å²) in [5.74, 6) is 1.82. The van der Waals surface area contributed by atoms with Gasteiger partial charge in [0.05, 0.1) is 31.5 Å². The van der Waals surface area contributed by atoms with E-state index in [1.54, 1.807) is 17.4 Å². The lowest BCUT2D eigenvalue weighted by Crippen LogP contribution is -2.46. The van der Waals surface area contributed by atoms with Gasteiger partial charge in [-0.15, -0.1) is 0 Å². The molecule has 0 spiro atoms. The first-order valence-electron chi connectivity index (χ1n) is 9.33. The van der Waals surface area contributed by atoms with Crippen LogP contribution in [0.3, 0.4) is 0 Å². The lowest BCUT2D eigenvalue weighted by molar-refractivity contribution is -0.142. The number of piperidine rings is 1. The van der Waals surface area contributed by atoms with E-state index in [4.69, 9.17) is 8.83 Å². The van der Waals surface area contributed by atoms with Gasteiger partial charge in [0.2, 0.25) is 11.8 Å². The second-order valence-corrected chi connectivity index (χ2v) is 7.25. The van der Waals surface area contributed by atoms with Crippen molar-refractivity contribution in [3.05, 3.63) is 48.3 Å². The predicted molar refractivity (Wildman–Crippen MR) is 93.7 cm³/mol. The molecule has 0 bridgehead atoms. The van der Waals surface area contributed by atoms with Gasteiger partial charge < -0.3 is 18.6 Å². The molecule has 0 N–H and O–H groups in total. The van der Waals surface area contributed by atoms with Gasteiger partial charge in [-0.25, -0.2) is 0 Å². The minimum atomic E-state index is -0.156. The van der Waals surface area contributed by atoms with Gasteiger partial charge in [0.25, 0.3) is 0 Å². The predicted octanol–water partition coefficient (Wildman–Crippen LogP) is 3.05. The molecule has 2 aliphatic rings. The fourth-order valence-electron chi connectivity index (χ4n) is 3.62. The summed E-state index contributed by atoms with van der Waals surface area (Å²) in [5.41, 5.74) is 0. The van der Waals surface area contributed by atoms with Gasteiger partial charge in [-0.05, 0) is 49.9 Å². The van der Waals surface area contributed by atoms with Crippen LogP contribution >= 0.6 is 0 Å². The van der Waals surface area contributed by atoms with Crippen molar-refractivity contribution < 1.29 is 18.4 Å². The van der Waals surface area contributed by atoms with E-state index in [0.717, 1.165) is 43.7 Å². The van der Waals surface area contributed by atoms with Crippen LogP contribution in [-0.4, -0.2) is 34.7 Å². The highest BCUT2D eigenvalue weighted by Crippen LogP contribution is 2.33. The van der Waals surface area contributed by atoms with Crippen molar-refractivity contribution in [1.82, 2.24) is 9.80 Å². The van der Waals surface area contributed by atoms with Crippen molar-refractivity contribution in [3.63, 3.8) is 0 Å². The highest BCUT2D eigenvalue weighted by molar-refractivity contribution is 5.83. The van der Waals surface area contributed by atoms with E-state index in [0.29, 0.717) is 19.6 Å². The minimum absolute atomic E-state index is 0.0612. The van der Waals surface area contributed by atoms with Crippen molar-refractivity contribution in [2.24, 2.45) is 11.8 Å². The average molecular weight is 356 g/mol. The molecule has 1 aliphatic carbocycles. The Morgan fingerprint density at radius 3 is 2.19 bits per heavy atom. The summed E-state index contributed by atoms with van der Waals surface area (Å²) < 4.78 is 10.9. The maximum atomic E-state index is 13.2. The third kappa shape index (κ3) is 3.84. The molecular weight excluding hydrogens is 332 g/mol. The fraction of sp³-hybridized carbons (Fsp3) is 0.500. The number of hydrogen-bond donors (Lipinski definition) is 0. The lowest BCUT2D eigenvalue weighted by Gasteiger charge is -2.34. The molecule has 26 heavy (non-hydrogen) atoms. The van der Waals surface area contributed by atoms with Gasteiger partial charge in [0.1, 0.15) is 11.5 Å². The van der Waals surface area contributed by atoms with Gasteiger partial charge >= 0.3 is 0 Å². The van der Waals surface area contributed by atoms with Crippen molar-refractivity contribution in [1.29, 1.82) is 0 Å². The molecule has 6 nitrogen and oxygen atoms in total. The monoisotopic (exact) mass is 356 g/mol. The first-order chi connectivity index (χ1) is 12.7. The number of nitrogens with zero attached hydrogens (tertiary/aromatic N) is 2. The van der Waals surface area contributed by atoms with E-state index < -0.39 is 0 Å². The Bertz CT molecular complexity index is 698. The van der Waals surface area contributed by atoms with Gasteiger partial charge in [-0.1, -0.05) is 0 Å². The molecule has 4 rings (SSSR count). The Hall–Kier alpha value is -2.50. The van der Waals surface area contributed by atoms with E-state index in [-0.39, 0.29) is 23.7 Å². The lowest BCUT2D eigenvalue weighted by atomic mass is 9.96. The zero-order valence-corrected chi connectivity index (χ0v) is 14.8. The zero-order valence-electron chi connectivity index (χ0n) is 14.8. The van der Waals surface area contributed by atoms with Crippen LogP contribution < -0.4 is 0 Å². The van der Waals surface area contributed by atoms with E-state index in [2.05, 4.69) is 0 Å². The summed E-state index contributed by atoms with van der Waals surface area (Å²) in [6, 6.07) is 7.38. The molecule has 1 saturated carbocycles. The fourth-order valence-corrected chi connectivity index (χ4v) is 3.62. The number of carbonyl (C=O) groups is 2. The van der Waals surface area contributed by atoms with Gasteiger partial charge in [-0.3, -0.25) is 9.59 Å². The first-order valence-corrected chi connectivity index (χ1v) is 9.33. The first kappa shape index (κ1) is 16.9. The topological polar surface area (TPSA) is 66.9 Å². The number of carbonyl (C=O) groups excluding carboxylic acids is 2. The molecule has 138 valence electrons. The normalized spacial score (nSPS) is 20.2. The van der Waals surface area contributed by atoms with Crippen LogP contribution in [0.4, 0.5) is 0 Å². The molecule has 2 aromatic rings. The molecule has 0 radical (unpaired) electrons. The minimum Gasteiger partial charge on any atom is -0.467 e. The molecule has 3 heterocycles. The van der Waals surface area contributed by atoms with Crippen LogP contribution in [0.15, 0.2) is 45.6 Å². The number of hydrogen-bond acceptors (Lipinski definition) is 4. The summed E-state index contributed by atoms with van der Waals surface area (Å²) in [6.07, 6.45) is 6.92. The van der Waals surface area contributed by atoms with Crippen molar-refractivity contribution in [3.8, 4) is 0 Å². The Kier molecular flexibility index (Phi) is 4.82. The van der Waals surface area contributed by atoms with E-state index in [9.17, 15) is 9.59 Å². The van der Waals surface area contributed by atoms with Crippen molar-refractivity contribution in [2.45, 2.75) is 38.8 Å². The molecular formula is C20H24N2O4. The largest absolute Gasteiger partial charge is 0.467 e. The van der Waals surface area contributed by atoms with Crippen LogP contribution in [-0.2, 0) is 22.7 Å². The van der Waals surface area contributed by atoms with Crippen LogP contribution in [0, 0.1) is 11.8 Å². The summed E-state index contributed by atoms with van der Waals surface area (Å²) in [6.45, 7) is 2.11. The van der Waals surface area contributed by atoms with Gasteiger partial charge in [0.15, 0.2) is 0 Å². The Morgan fingerprint density at radius 1 is 1.00 bits per heavy atom. The highest BCUT2D eigenvalue weighted by atomic mass is 16.3. The van der Waals surface area contributed by atoms with E-state index >= 15 is 0 Å². The van der Waals surface area contributed by atoms with Crippen LogP contribution in [0.2, 0.25) is 0 Å². The Labute approximate surface area is 152 Å². The molecule has 1 aliphatic heterocycles. The molecule has 2 amide bonds. The smallest absolute Gasteiger partial charge is 0.228 e. The van der Waals surface area contributed by atoms with Gasteiger partial charge in [0, 0.05) is 19.0 Å². The second kappa shape index (κ2) is 7.40.